The smallest absolute Gasteiger partial charge is 0.406 e. The van der Waals surface area contributed by atoms with Gasteiger partial charge in [-0.3, -0.25) is 46.9 Å². The minimum absolute atomic E-state index is 0.0203. The van der Waals surface area contributed by atoms with Crippen molar-refractivity contribution >= 4 is 28.2 Å². The molecule has 128 heavy (non-hydrogen) atoms. The molecular weight excluding hydrogens is 1770 g/mol. The SMILES string of the molecule is CC(F)(F)c1nnc2cnc(-c3ccc(OC(F)(F)F)c(F)c3)cn12.COCc1cc(-c2cn3c(C(C)F)nnc3cn2)ccc1OC(F)(F)F.COCc1cc(C(F)(F)F)ccc1-c1cn2c(C(C)(F)F)nnc2cn1.COCc1cc(C(F)(F)F)ccc1-c1cn2c(C(C)F)nnc2cn1.COCc1cc(OC(F)(F)F)ccc1-c1cn2c(C(C)F)nnc2cn1. The molecule has 0 bridgehead atoms. The molecule has 5 aromatic carbocycles. The molecule has 0 aliphatic carbocycles. The summed E-state index contributed by atoms with van der Waals surface area (Å²) in [5.41, 5.74) is 4.12. The van der Waals surface area contributed by atoms with Crippen LogP contribution in [0.4, 0.5) is 101 Å². The predicted molar refractivity (Wildman–Crippen MR) is 402 cm³/mol. The number of alkyl halides is 22. The third-order valence-corrected chi connectivity index (χ3v) is 17.6. The Morgan fingerprint density at radius 3 is 0.977 bits per heavy atom. The average molecular weight is 1830 g/mol. The summed E-state index contributed by atoms with van der Waals surface area (Å²) in [5, 5.41) is 36.8. The summed E-state index contributed by atoms with van der Waals surface area (Å²) >= 11 is 0. The van der Waals surface area contributed by atoms with Gasteiger partial charge in [0.1, 0.15) is 11.5 Å². The van der Waals surface area contributed by atoms with Crippen molar-refractivity contribution in [3.8, 4) is 73.5 Å². The van der Waals surface area contributed by atoms with Crippen LogP contribution in [0.2, 0.25) is 0 Å². The van der Waals surface area contributed by atoms with Gasteiger partial charge in [-0.2, -0.15) is 43.9 Å². The summed E-state index contributed by atoms with van der Waals surface area (Å²) < 4.78 is 336. The van der Waals surface area contributed by atoms with E-state index in [1.165, 1.54) is 161 Å². The zero-order valence-electron chi connectivity index (χ0n) is 67.0. The molecule has 0 saturated heterocycles. The topological polar surface area (TPSA) is 280 Å². The van der Waals surface area contributed by atoms with E-state index in [-0.39, 0.29) is 94.8 Å². The fourth-order valence-corrected chi connectivity index (χ4v) is 12.2. The van der Waals surface area contributed by atoms with Crippen LogP contribution in [0.1, 0.15) is 116 Å². The molecule has 0 aliphatic heterocycles. The largest absolute Gasteiger partial charge is 0.573 e. The van der Waals surface area contributed by atoms with Crippen molar-refractivity contribution in [2.24, 2.45) is 0 Å². The van der Waals surface area contributed by atoms with Crippen molar-refractivity contribution in [3.63, 3.8) is 0 Å². The summed E-state index contributed by atoms with van der Waals surface area (Å²) in [5.74, 6) is -10.5. The van der Waals surface area contributed by atoms with Crippen molar-refractivity contribution in [2.75, 3.05) is 28.4 Å². The van der Waals surface area contributed by atoms with Crippen molar-refractivity contribution in [2.45, 2.75) is 123 Å². The van der Waals surface area contributed by atoms with Crippen molar-refractivity contribution in [1.29, 1.82) is 0 Å². The fourth-order valence-electron chi connectivity index (χ4n) is 12.2. The summed E-state index contributed by atoms with van der Waals surface area (Å²) in [7, 11) is 5.51. The summed E-state index contributed by atoms with van der Waals surface area (Å²) in [4.78, 5) is 20.7. The Labute approximate surface area is 704 Å². The Morgan fingerprint density at radius 2 is 0.625 bits per heavy atom. The summed E-state index contributed by atoms with van der Waals surface area (Å²) in [6, 6.07) is 17.0. The Balaban J connectivity index is 0.000000155. The molecule has 678 valence electrons. The van der Waals surface area contributed by atoms with Gasteiger partial charge in [0.15, 0.2) is 75.8 Å². The highest BCUT2D eigenvalue weighted by Crippen LogP contribution is 2.40. The van der Waals surface area contributed by atoms with Crippen LogP contribution in [0.5, 0.6) is 17.2 Å². The number of aromatic nitrogens is 20. The second-order valence-corrected chi connectivity index (χ2v) is 27.3. The van der Waals surface area contributed by atoms with Crippen LogP contribution in [0, 0.1) is 5.82 Å². The summed E-state index contributed by atoms with van der Waals surface area (Å²) in [6.07, 6.45) is -14.1. The van der Waals surface area contributed by atoms with Crippen LogP contribution in [0.25, 0.3) is 84.5 Å². The van der Waals surface area contributed by atoms with E-state index < -0.39 is 96.1 Å². The van der Waals surface area contributed by atoms with Crippen molar-refractivity contribution in [1.82, 2.24) is 97.9 Å². The molecule has 10 heterocycles. The maximum atomic E-state index is 13.8. The quantitative estimate of drug-likeness (QED) is 0.0604. The Bertz CT molecular complexity index is 6400. The number of benzene rings is 5. The number of rotatable bonds is 21. The van der Waals surface area contributed by atoms with E-state index in [1.807, 2.05) is 0 Å². The third-order valence-electron chi connectivity index (χ3n) is 17.6. The number of halogens is 23. The zero-order chi connectivity index (χ0) is 93.5. The average Bonchev–Trinajstić information content (AvgIpc) is 1.58. The molecule has 50 heteroatoms. The van der Waals surface area contributed by atoms with Gasteiger partial charge in [-0.05, 0) is 116 Å². The summed E-state index contributed by atoms with van der Waals surface area (Å²) in [6.45, 7) is 5.13. The van der Waals surface area contributed by atoms with Crippen LogP contribution < -0.4 is 14.2 Å². The van der Waals surface area contributed by atoms with Crippen LogP contribution >= 0.6 is 0 Å². The maximum Gasteiger partial charge on any atom is 0.573 e. The van der Waals surface area contributed by atoms with Gasteiger partial charge in [-0.1, -0.05) is 12.1 Å². The van der Waals surface area contributed by atoms with E-state index in [0.29, 0.717) is 81.3 Å². The maximum absolute atomic E-state index is 13.8. The highest BCUT2D eigenvalue weighted by molar-refractivity contribution is 5.69. The van der Waals surface area contributed by atoms with Crippen LogP contribution in [-0.4, -0.2) is 145 Å². The first-order chi connectivity index (χ1) is 60.0. The predicted octanol–water partition coefficient (Wildman–Crippen LogP) is 19.7. The van der Waals surface area contributed by atoms with Crippen LogP contribution in [0.15, 0.2) is 153 Å². The van der Waals surface area contributed by atoms with E-state index in [9.17, 15) is 101 Å². The van der Waals surface area contributed by atoms with Crippen LogP contribution in [-0.2, 0) is 69.6 Å². The number of hydrogen-bond donors (Lipinski definition) is 0. The van der Waals surface area contributed by atoms with Gasteiger partial charge in [-0.25, -0.2) is 17.6 Å². The molecule has 3 unspecified atom stereocenters. The first-order valence-electron chi connectivity index (χ1n) is 36.5. The molecule has 15 aromatic rings. The van der Waals surface area contributed by atoms with E-state index in [4.69, 9.17) is 18.9 Å². The monoisotopic (exact) mass is 1830 g/mol. The molecule has 0 N–H and O–H groups in total. The van der Waals surface area contributed by atoms with Gasteiger partial charge < -0.3 is 33.2 Å². The zero-order valence-corrected chi connectivity index (χ0v) is 67.0. The van der Waals surface area contributed by atoms with Crippen molar-refractivity contribution < 1.29 is 134 Å². The minimum atomic E-state index is -5.04. The third kappa shape index (κ3) is 23.4. The molecule has 27 nitrogen and oxygen atoms in total. The van der Waals surface area contributed by atoms with E-state index in [2.05, 4.69) is 90.1 Å². The van der Waals surface area contributed by atoms with E-state index in [0.717, 1.165) is 63.7 Å². The van der Waals surface area contributed by atoms with Gasteiger partial charge in [0.05, 0.1) is 97.0 Å². The highest BCUT2D eigenvalue weighted by atomic mass is 19.4. The normalized spacial score (nSPS) is 13.0. The Kier molecular flexibility index (Phi) is 28.5. The molecule has 0 aliphatic rings. The number of ether oxygens (including phenoxy) is 7. The first kappa shape index (κ1) is 95.1. The fraction of sp³-hybridized carbons (Fsp3) is 0.295. The molecule has 0 spiro atoms. The second-order valence-electron chi connectivity index (χ2n) is 27.3. The lowest BCUT2D eigenvalue weighted by atomic mass is 10.0. The van der Waals surface area contributed by atoms with Gasteiger partial charge >= 0.3 is 43.3 Å². The van der Waals surface area contributed by atoms with Gasteiger partial charge in [0, 0.05) is 107 Å². The minimum Gasteiger partial charge on any atom is -0.406 e. The van der Waals surface area contributed by atoms with Crippen LogP contribution in [0.3, 0.4) is 0 Å². The molecule has 0 amide bonds. The second kappa shape index (κ2) is 38.4. The van der Waals surface area contributed by atoms with E-state index >= 15 is 0 Å². The number of fused-ring (bicyclic) bond motifs is 5. The van der Waals surface area contributed by atoms with Gasteiger partial charge in [0.25, 0.3) is 0 Å². The van der Waals surface area contributed by atoms with E-state index in [1.54, 1.807) is 0 Å². The lowest BCUT2D eigenvalue weighted by Crippen LogP contribution is -2.18. The highest BCUT2D eigenvalue weighted by Gasteiger charge is 2.38. The molecule has 0 saturated carbocycles. The van der Waals surface area contributed by atoms with Gasteiger partial charge in [0.2, 0.25) is 11.6 Å². The molecule has 10 aromatic heterocycles. The number of hydrogen-bond acceptors (Lipinski definition) is 22. The van der Waals surface area contributed by atoms with Crippen molar-refractivity contribution in [3.05, 3.63) is 221 Å². The Morgan fingerprint density at radius 1 is 0.320 bits per heavy atom. The molecule has 3 atom stereocenters. The number of nitrogens with zero attached hydrogens (tertiary/aromatic N) is 20. The molecule has 0 radical (unpaired) electrons. The standard InChI is InChI=1S/C16H13F5N4O.2C16H14F4N4O2.C16H14F4N4O.C14H8F6N4O/c1-15(17,18)14-24-23-13-6-22-12(7-25(13)14)11-4-3-10(16(19,20)21)5-9(11)8-26-2;1-9(17)15-23-22-14-6-21-13(7-24(14)15)12-4-3-11(26-16(18,19)20)5-10(12)8-25-2;1-9(17)15-23-22-14-6-21-12(7-24(14)15)10-3-4-13(26-16(18,19)20)11(5-10)8-25-2;1-9(17)15-23-22-14-6-21-13(7-24(14)15)12-4-3-11(16(18,19)20)5-10(12)8-25-2;1-13(16,17)12-23-22-11-5-21-9(6-24(11)12)7-2-3-10(8(15)4-7)25-14(18,19)20/h3-7H,8H2,1-2H3;2*3-7,9H,8H2,1-2H3;3-7,9H,8H2,1-2H3;2-6H,1H3. The Hall–Kier alpha value is -13.5. The number of methoxy groups -OCH3 is 4. The lowest BCUT2D eigenvalue weighted by Gasteiger charge is -2.14. The lowest BCUT2D eigenvalue weighted by molar-refractivity contribution is -0.276. The molecule has 15 rings (SSSR count). The molecular formula is C78H63F23N20O7. The van der Waals surface area contributed by atoms with Gasteiger partial charge in [-0.15, -0.1) is 90.5 Å². The molecule has 0 fully saturated rings. The first-order valence-corrected chi connectivity index (χ1v) is 36.5.